The molecule has 4 rings (SSSR count). The second-order valence-electron chi connectivity index (χ2n) is 8.71. The molecule has 0 saturated heterocycles. The van der Waals surface area contributed by atoms with Gasteiger partial charge >= 0.3 is 0 Å². The second-order valence-corrected chi connectivity index (χ2v) is 8.71. The lowest BCUT2D eigenvalue weighted by Crippen LogP contribution is -2.43. The summed E-state index contributed by atoms with van der Waals surface area (Å²) in [4.78, 5) is 15.3. The highest BCUT2D eigenvalue weighted by molar-refractivity contribution is 5.91. The maximum absolute atomic E-state index is 13.2. The summed E-state index contributed by atoms with van der Waals surface area (Å²) in [7, 11) is 4.03. The summed E-state index contributed by atoms with van der Waals surface area (Å²) in [6, 6.07) is 28.1. The first-order chi connectivity index (χ1) is 16.8. The third-order valence-electron chi connectivity index (χ3n) is 6.18. The third-order valence-corrected chi connectivity index (χ3v) is 6.18. The Morgan fingerprint density at radius 1 is 0.914 bits per heavy atom. The van der Waals surface area contributed by atoms with Crippen LogP contribution in [0.15, 0.2) is 96.1 Å². The number of hydrogen-bond acceptors (Lipinski definition) is 4. The number of aliphatic hydroxyl groups is 1. The van der Waals surface area contributed by atoms with Gasteiger partial charge in [-0.15, -0.1) is 0 Å². The maximum atomic E-state index is 13.2. The molecule has 0 saturated carbocycles. The van der Waals surface area contributed by atoms with Gasteiger partial charge in [-0.1, -0.05) is 60.7 Å². The topological polar surface area (TPSA) is 69.9 Å². The molecular formula is C29H30N4O2. The van der Waals surface area contributed by atoms with Gasteiger partial charge in [0.2, 0.25) is 0 Å². The minimum atomic E-state index is -1.87. The lowest BCUT2D eigenvalue weighted by molar-refractivity contribution is -0.136. The molecule has 0 spiro atoms. The molecule has 1 aromatic heterocycles. The number of nitrogens with one attached hydrogen (secondary N) is 1. The van der Waals surface area contributed by atoms with Crippen LogP contribution >= 0.6 is 0 Å². The number of aryl methyl sites for hydroxylation is 1. The van der Waals surface area contributed by atoms with E-state index in [9.17, 15) is 9.90 Å². The average molecular weight is 467 g/mol. The van der Waals surface area contributed by atoms with Crippen molar-refractivity contribution in [2.75, 3.05) is 19.0 Å². The molecule has 6 nitrogen and oxygen atoms in total. The van der Waals surface area contributed by atoms with E-state index in [-0.39, 0.29) is 0 Å². The Hall–Kier alpha value is -4.16. The molecule has 0 atom stereocenters. The van der Waals surface area contributed by atoms with Gasteiger partial charge in [-0.05, 0) is 55.3 Å². The SMILES string of the molecule is Cc1cc(/C=N/NC(=O)C(O)(c2ccccc2)c2ccccc2)c(C)n1-c1ccc(N(C)C)cc1. The van der Waals surface area contributed by atoms with Crippen molar-refractivity contribution >= 4 is 17.8 Å². The molecule has 0 unspecified atom stereocenters. The summed E-state index contributed by atoms with van der Waals surface area (Å²) in [5, 5.41) is 15.7. The number of carbonyl (C=O) groups is 1. The van der Waals surface area contributed by atoms with Gasteiger partial charge in [0.15, 0.2) is 5.60 Å². The van der Waals surface area contributed by atoms with Crippen LogP contribution in [0.1, 0.15) is 28.1 Å². The van der Waals surface area contributed by atoms with Crippen molar-refractivity contribution in [1.82, 2.24) is 9.99 Å². The molecular weight excluding hydrogens is 436 g/mol. The second kappa shape index (κ2) is 9.99. The first kappa shape index (κ1) is 24.0. The summed E-state index contributed by atoms with van der Waals surface area (Å²) >= 11 is 0. The molecule has 3 aromatic carbocycles. The van der Waals surface area contributed by atoms with E-state index in [1.807, 2.05) is 46.1 Å². The lowest BCUT2D eigenvalue weighted by Gasteiger charge is -2.27. The van der Waals surface area contributed by atoms with Gasteiger partial charge < -0.3 is 14.6 Å². The summed E-state index contributed by atoms with van der Waals surface area (Å²) in [5.74, 6) is -0.626. The number of anilines is 1. The van der Waals surface area contributed by atoms with Crippen LogP contribution in [-0.4, -0.2) is 35.9 Å². The van der Waals surface area contributed by atoms with Crippen LogP contribution in [0, 0.1) is 13.8 Å². The molecule has 0 aliphatic carbocycles. The Morgan fingerprint density at radius 3 is 1.97 bits per heavy atom. The van der Waals surface area contributed by atoms with Gasteiger partial charge in [-0.25, -0.2) is 5.43 Å². The lowest BCUT2D eigenvalue weighted by atomic mass is 9.85. The molecule has 0 aliphatic heterocycles. The highest BCUT2D eigenvalue weighted by Crippen LogP contribution is 2.30. The molecule has 2 N–H and O–H groups in total. The molecule has 4 aromatic rings. The Bertz CT molecular complexity index is 1290. The molecule has 1 amide bonds. The number of carbonyl (C=O) groups excluding carboxylic acids is 1. The summed E-state index contributed by atoms with van der Waals surface area (Å²) in [6.45, 7) is 4.05. The Morgan fingerprint density at radius 2 is 1.46 bits per heavy atom. The standard InChI is InChI=1S/C29H30N4O2/c1-21-19-23(22(2)33(21)27-17-15-26(16-18-27)32(3)4)20-30-31-28(34)29(35,24-11-7-5-8-12-24)25-13-9-6-10-14-25/h5-20,35H,1-4H3,(H,31,34)/b30-20+. The van der Waals surface area contributed by atoms with Crippen molar-refractivity contribution in [1.29, 1.82) is 0 Å². The maximum Gasteiger partial charge on any atom is 0.281 e. The summed E-state index contributed by atoms with van der Waals surface area (Å²) in [5.41, 5.74) is 6.73. The van der Waals surface area contributed by atoms with E-state index in [1.54, 1.807) is 54.7 Å². The molecule has 1 heterocycles. The normalized spacial score (nSPS) is 11.6. The molecule has 0 bridgehead atoms. The zero-order valence-corrected chi connectivity index (χ0v) is 20.4. The van der Waals surface area contributed by atoms with Gasteiger partial charge in [-0.3, -0.25) is 4.79 Å². The van der Waals surface area contributed by atoms with E-state index in [4.69, 9.17) is 0 Å². The van der Waals surface area contributed by atoms with Crippen LogP contribution in [0.4, 0.5) is 5.69 Å². The zero-order chi connectivity index (χ0) is 25.0. The number of hydrazone groups is 1. The van der Waals surface area contributed by atoms with Gasteiger partial charge in [0.1, 0.15) is 0 Å². The van der Waals surface area contributed by atoms with Crippen molar-refractivity contribution in [3.63, 3.8) is 0 Å². The van der Waals surface area contributed by atoms with Gasteiger partial charge in [0.25, 0.3) is 5.91 Å². The van der Waals surface area contributed by atoms with E-state index in [0.717, 1.165) is 28.3 Å². The van der Waals surface area contributed by atoms with Crippen molar-refractivity contribution in [2.24, 2.45) is 5.10 Å². The summed E-state index contributed by atoms with van der Waals surface area (Å²) < 4.78 is 2.15. The van der Waals surface area contributed by atoms with E-state index in [2.05, 4.69) is 44.3 Å². The molecule has 35 heavy (non-hydrogen) atoms. The summed E-state index contributed by atoms with van der Waals surface area (Å²) in [6.07, 6.45) is 1.61. The molecule has 6 heteroatoms. The molecule has 0 fully saturated rings. The van der Waals surface area contributed by atoms with Gasteiger partial charge in [-0.2, -0.15) is 5.10 Å². The third kappa shape index (κ3) is 4.74. The van der Waals surface area contributed by atoms with Crippen LogP contribution in [0.5, 0.6) is 0 Å². The minimum absolute atomic E-state index is 0.471. The average Bonchev–Trinajstić information content (AvgIpc) is 3.17. The highest BCUT2D eigenvalue weighted by atomic mass is 16.3. The monoisotopic (exact) mass is 466 g/mol. The number of benzene rings is 3. The van der Waals surface area contributed by atoms with Crippen molar-refractivity contribution in [3.8, 4) is 5.69 Å². The van der Waals surface area contributed by atoms with E-state index in [0.29, 0.717) is 11.1 Å². The van der Waals surface area contributed by atoms with Crippen molar-refractivity contribution in [3.05, 3.63) is 119 Å². The zero-order valence-electron chi connectivity index (χ0n) is 20.4. The van der Waals surface area contributed by atoms with Crippen LogP contribution in [0.2, 0.25) is 0 Å². The van der Waals surface area contributed by atoms with Gasteiger partial charge in [0, 0.05) is 42.4 Å². The van der Waals surface area contributed by atoms with Crippen LogP contribution in [0.3, 0.4) is 0 Å². The van der Waals surface area contributed by atoms with E-state index < -0.39 is 11.5 Å². The predicted octanol–water partition coefficient (Wildman–Crippen LogP) is 4.55. The van der Waals surface area contributed by atoms with Crippen LogP contribution < -0.4 is 10.3 Å². The number of nitrogens with zero attached hydrogens (tertiary/aromatic N) is 3. The molecule has 178 valence electrons. The van der Waals surface area contributed by atoms with Crippen molar-refractivity contribution in [2.45, 2.75) is 19.4 Å². The molecule has 0 radical (unpaired) electrons. The highest BCUT2D eigenvalue weighted by Gasteiger charge is 2.39. The number of hydrogen-bond donors (Lipinski definition) is 2. The number of aromatic nitrogens is 1. The fraction of sp³-hybridized carbons (Fsp3) is 0.172. The molecule has 0 aliphatic rings. The Kier molecular flexibility index (Phi) is 6.85. The first-order valence-electron chi connectivity index (χ1n) is 11.5. The van der Waals surface area contributed by atoms with Crippen LogP contribution in [0.25, 0.3) is 5.69 Å². The van der Waals surface area contributed by atoms with Crippen LogP contribution in [-0.2, 0) is 10.4 Å². The Labute approximate surface area is 206 Å². The number of amides is 1. The number of rotatable bonds is 7. The predicted molar refractivity (Wildman–Crippen MR) is 141 cm³/mol. The van der Waals surface area contributed by atoms with E-state index in [1.165, 1.54) is 0 Å². The fourth-order valence-corrected chi connectivity index (χ4v) is 4.24. The van der Waals surface area contributed by atoms with Crippen molar-refractivity contribution < 1.29 is 9.90 Å². The first-order valence-corrected chi connectivity index (χ1v) is 11.5. The largest absolute Gasteiger partial charge is 0.378 e. The van der Waals surface area contributed by atoms with E-state index >= 15 is 0 Å². The minimum Gasteiger partial charge on any atom is -0.378 e. The van der Waals surface area contributed by atoms with Gasteiger partial charge in [0.05, 0.1) is 6.21 Å². The smallest absolute Gasteiger partial charge is 0.281 e. The Balaban J connectivity index is 1.59. The fourth-order valence-electron chi connectivity index (χ4n) is 4.24. The quantitative estimate of drug-likeness (QED) is 0.310.